The minimum Gasteiger partial charge on any atom is -0.378 e. The van der Waals surface area contributed by atoms with E-state index in [0.717, 1.165) is 12.5 Å². The van der Waals surface area contributed by atoms with E-state index in [1.54, 1.807) is 0 Å². The van der Waals surface area contributed by atoms with E-state index in [0.29, 0.717) is 6.10 Å². The third kappa shape index (κ3) is 14.9. The zero-order valence-electron chi connectivity index (χ0n) is 16.2. The van der Waals surface area contributed by atoms with Crippen molar-refractivity contribution in [3.05, 3.63) is 30.3 Å². The molecular formula is C20H37F5OS. The highest BCUT2D eigenvalue weighted by Gasteiger charge is 2.21. The lowest BCUT2D eigenvalue weighted by atomic mass is 9.86. The Balaban J connectivity index is -0.000000529. The highest BCUT2D eigenvalue weighted by Crippen LogP contribution is 2.30. The first-order valence-corrected chi connectivity index (χ1v) is 10.2. The van der Waals surface area contributed by atoms with Gasteiger partial charge in [-0.25, -0.2) is 0 Å². The maximum Gasteiger partial charge on any atom is 0.0575 e. The van der Waals surface area contributed by atoms with E-state index in [9.17, 15) is 0 Å². The minimum atomic E-state index is 0. The molecule has 0 bridgehead atoms. The topological polar surface area (TPSA) is 9.23 Å². The second-order valence-electron chi connectivity index (χ2n) is 6.52. The highest BCUT2D eigenvalue weighted by atomic mass is 32.2. The molecule has 164 valence electrons. The second kappa shape index (κ2) is 21.5. The Kier molecular flexibility index (Phi) is 26.8. The normalized spacial score (nSPS) is 17.8. The van der Waals surface area contributed by atoms with Crippen LogP contribution in [-0.2, 0) is 4.74 Å². The number of rotatable bonds is 10. The molecule has 0 atom stereocenters. The van der Waals surface area contributed by atoms with Crippen molar-refractivity contribution in [1.29, 1.82) is 0 Å². The number of ether oxygens (including phenoxy) is 1. The molecule has 27 heavy (non-hydrogen) atoms. The Hall–Kier alpha value is -0.820. The third-order valence-electron chi connectivity index (χ3n) is 4.68. The van der Waals surface area contributed by atoms with Gasteiger partial charge in [0.1, 0.15) is 0 Å². The van der Waals surface area contributed by atoms with Gasteiger partial charge in [0.05, 0.1) is 6.10 Å². The lowest BCUT2D eigenvalue weighted by molar-refractivity contribution is 0.0159. The van der Waals surface area contributed by atoms with Gasteiger partial charge in [-0.15, -0.1) is 11.8 Å². The second-order valence-corrected chi connectivity index (χ2v) is 7.69. The molecule has 0 saturated heterocycles. The number of benzene rings is 1. The zero-order chi connectivity index (χ0) is 15.5. The Morgan fingerprint density at radius 3 is 2.07 bits per heavy atom. The summed E-state index contributed by atoms with van der Waals surface area (Å²) < 4.78 is 6.05. The predicted octanol–water partition coefficient (Wildman–Crippen LogP) is 7.09. The smallest absolute Gasteiger partial charge is 0.0575 e. The summed E-state index contributed by atoms with van der Waals surface area (Å²) >= 11 is 2.01. The van der Waals surface area contributed by atoms with E-state index >= 15 is 0 Å². The van der Waals surface area contributed by atoms with Gasteiger partial charge in [0.25, 0.3) is 0 Å². The van der Waals surface area contributed by atoms with Crippen LogP contribution in [0.25, 0.3) is 0 Å². The van der Waals surface area contributed by atoms with E-state index in [1.807, 2.05) is 11.8 Å². The fourth-order valence-electron chi connectivity index (χ4n) is 3.23. The van der Waals surface area contributed by atoms with Crippen LogP contribution in [0, 0.1) is 5.92 Å². The molecule has 0 spiro atoms. The van der Waals surface area contributed by atoms with E-state index in [1.165, 1.54) is 68.4 Å². The van der Waals surface area contributed by atoms with E-state index in [-0.39, 0.29) is 23.5 Å². The molecule has 7 heteroatoms. The maximum absolute atomic E-state index is 6.05. The summed E-state index contributed by atoms with van der Waals surface area (Å²) in [5.74, 6) is 2.19. The molecule has 0 radical (unpaired) electrons. The first-order valence-electron chi connectivity index (χ1n) is 9.18. The molecule has 1 aromatic carbocycles. The van der Waals surface area contributed by atoms with Gasteiger partial charge in [0.15, 0.2) is 0 Å². The first-order chi connectivity index (χ1) is 10.9. The molecule has 0 amide bonds. The molecule has 0 aromatic heterocycles. The quantitative estimate of drug-likeness (QED) is 0.227. The van der Waals surface area contributed by atoms with Gasteiger partial charge < -0.3 is 4.74 Å². The van der Waals surface area contributed by atoms with Crippen LogP contribution < -0.4 is 0 Å². The molecule has 1 fully saturated rings. The van der Waals surface area contributed by atoms with Crippen molar-refractivity contribution in [3.63, 3.8) is 0 Å². The van der Waals surface area contributed by atoms with Gasteiger partial charge in [-0.05, 0) is 62.3 Å². The molecule has 0 aliphatic heterocycles. The molecule has 1 saturated carbocycles. The van der Waals surface area contributed by atoms with E-state index in [2.05, 4.69) is 37.3 Å². The van der Waals surface area contributed by atoms with Crippen LogP contribution in [0.2, 0.25) is 0 Å². The van der Waals surface area contributed by atoms with Crippen molar-refractivity contribution in [1.82, 2.24) is 0 Å². The van der Waals surface area contributed by atoms with Gasteiger partial charge in [-0.1, -0.05) is 44.4 Å². The number of thioether (sulfide) groups is 1. The fourth-order valence-corrected chi connectivity index (χ4v) is 4.26. The van der Waals surface area contributed by atoms with Crippen molar-refractivity contribution in [3.8, 4) is 0 Å². The van der Waals surface area contributed by atoms with E-state index < -0.39 is 0 Å². The summed E-state index contributed by atoms with van der Waals surface area (Å²) in [6.07, 6.45) is 12.5. The fraction of sp³-hybridized carbons (Fsp3) is 0.700. The first kappa shape index (κ1) is 33.7. The van der Waals surface area contributed by atoms with Crippen LogP contribution in [0.1, 0.15) is 64.7 Å². The SMILES string of the molecule is CCCCCCOC1CCC(CCSc2ccccc2)CC1.F.F.F.F.F. The molecule has 1 aliphatic rings. The van der Waals surface area contributed by atoms with E-state index in [4.69, 9.17) is 4.74 Å². The van der Waals surface area contributed by atoms with Crippen molar-refractivity contribution >= 4 is 11.8 Å². The average Bonchev–Trinajstić information content (AvgIpc) is 2.57. The third-order valence-corrected chi connectivity index (χ3v) is 5.73. The Bertz CT molecular complexity index is 389. The summed E-state index contributed by atoms with van der Waals surface area (Å²) in [4.78, 5) is 1.41. The molecule has 0 N–H and O–H groups in total. The van der Waals surface area contributed by atoms with Gasteiger partial charge in [0, 0.05) is 11.5 Å². The van der Waals surface area contributed by atoms with Gasteiger partial charge in [-0.3, -0.25) is 23.5 Å². The van der Waals surface area contributed by atoms with Gasteiger partial charge in [-0.2, -0.15) is 0 Å². The minimum absolute atomic E-state index is 0. The molecule has 1 aliphatic carbocycles. The van der Waals surface area contributed by atoms with Crippen molar-refractivity contribution in [2.24, 2.45) is 5.92 Å². The zero-order valence-corrected chi connectivity index (χ0v) is 17.0. The number of halogens is 5. The van der Waals surface area contributed by atoms with Gasteiger partial charge >= 0.3 is 0 Å². The highest BCUT2D eigenvalue weighted by molar-refractivity contribution is 7.99. The number of unbranched alkanes of at least 4 members (excludes halogenated alkanes) is 3. The number of hydrogen-bond acceptors (Lipinski definition) is 2. The van der Waals surface area contributed by atoms with Crippen LogP contribution >= 0.6 is 11.8 Å². The lowest BCUT2D eigenvalue weighted by Crippen LogP contribution is -2.22. The monoisotopic (exact) mass is 420 g/mol. The molecular weight excluding hydrogens is 383 g/mol. The molecule has 0 heterocycles. The Morgan fingerprint density at radius 2 is 1.48 bits per heavy atom. The maximum atomic E-state index is 6.05. The summed E-state index contributed by atoms with van der Waals surface area (Å²) in [6, 6.07) is 10.8. The Morgan fingerprint density at radius 1 is 0.852 bits per heavy atom. The van der Waals surface area contributed by atoms with Crippen LogP contribution in [0.4, 0.5) is 23.5 Å². The Labute approximate surface area is 164 Å². The summed E-state index contributed by atoms with van der Waals surface area (Å²) in [5.41, 5.74) is 0. The lowest BCUT2D eigenvalue weighted by Gasteiger charge is -2.28. The van der Waals surface area contributed by atoms with Gasteiger partial charge in [0.2, 0.25) is 0 Å². The molecule has 1 aromatic rings. The van der Waals surface area contributed by atoms with Crippen molar-refractivity contribution in [2.75, 3.05) is 12.4 Å². The van der Waals surface area contributed by atoms with Crippen molar-refractivity contribution < 1.29 is 28.3 Å². The molecule has 0 unspecified atom stereocenters. The summed E-state index contributed by atoms with van der Waals surface area (Å²) in [7, 11) is 0. The van der Waals surface area contributed by atoms with Crippen LogP contribution in [0.3, 0.4) is 0 Å². The molecule has 1 nitrogen and oxygen atoms in total. The summed E-state index contributed by atoms with van der Waals surface area (Å²) in [5, 5.41) is 0. The average molecular weight is 421 g/mol. The van der Waals surface area contributed by atoms with Crippen LogP contribution in [0.5, 0.6) is 0 Å². The summed E-state index contributed by atoms with van der Waals surface area (Å²) in [6.45, 7) is 3.25. The molecule has 2 rings (SSSR count). The van der Waals surface area contributed by atoms with Crippen molar-refractivity contribution in [2.45, 2.75) is 75.7 Å². The largest absolute Gasteiger partial charge is 0.378 e. The van der Waals surface area contributed by atoms with Crippen LogP contribution in [-0.4, -0.2) is 18.5 Å². The number of hydrogen-bond donors (Lipinski definition) is 0. The standard InChI is InChI=1S/C20H32OS.5FH/c1-2-3-4-8-16-21-19-13-11-18(12-14-19)15-17-22-20-9-6-5-7-10-20;;;;;/h5-7,9-10,18-19H,2-4,8,11-17H2,1H3;5*1H. The predicted molar refractivity (Wildman–Crippen MR) is 110 cm³/mol. The van der Waals surface area contributed by atoms with Crippen LogP contribution in [0.15, 0.2) is 35.2 Å².